The van der Waals surface area contributed by atoms with Crippen LogP contribution in [0.15, 0.2) is 12.5 Å². The van der Waals surface area contributed by atoms with Gasteiger partial charge in [-0.1, -0.05) is 0 Å². The fourth-order valence-corrected chi connectivity index (χ4v) is 1.79. The van der Waals surface area contributed by atoms with E-state index in [-0.39, 0.29) is 6.04 Å². The van der Waals surface area contributed by atoms with E-state index in [0.29, 0.717) is 17.3 Å². The van der Waals surface area contributed by atoms with Gasteiger partial charge in [0.05, 0.1) is 11.9 Å². The number of anilines is 2. The molecular formula is C9H16N4OS. The van der Waals surface area contributed by atoms with Gasteiger partial charge in [0.1, 0.15) is 6.33 Å². The predicted molar refractivity (Wildman–Crippen MR) is 63.1 cm³/mol. The molecule has 0 spiro atoms. The molecule has 5 nitrogen and oxygen atoms in total. The number of nitrogens with two attached hydrogens (primary N) is 1. The van der Waals surface area contributed by atoms with E-state index in [0.717, 1.165) is 6.42 Å². The molecule has 84 valence electrons. The van der Waals surface area contributed by atoms with Crippen molar-refractivity contribution in [2.24, 2.45) is 0 Å². The van der Waals surface area contributed by atoms with Gasteiger partial charge >= 0.3 is 0 Å². The molecule has 0 saturated heterocycles. The SMILES string of the molecule is CC(CCS(C)=O)Nc1ncncc1N. The molecule has 1 aromatic heterocycles. The van der Waals surface area contributed by atoms with Gasteiger partial charge in [0.2, 0.25) is 0 Å². The summed E-state index contributed by atoms with van der Waals surface area (Å²) in [5.74, 6) is 1.32. The van der Waals surface area contributed by atoms with Crippen LogP contribution in [-0.2, 0) is 10.8 Å². The monoisotopic (exact) mass is 228 g/mol. The second kappa shape index (κ2) is 5.65. The highest BCUT2D eigenvalue weighted by Gasteiger charge is 2.06. The van der Waals surface area contributed by atoms with Crippen LogP contribution in [0.3, 0.4) is 0 Å². The van der Waals surface area contributed by atoms with Crippen LogP contribution in [0.2, 0.25) is 0 Å². The molecule has 6 heteroatoms. The lowest BCUT2D eigenvalue weighted by atomic mass is 10.2. The molecule has 0 radical (unpaired) electrons. The Labute approximate surface area is 92.0 Å². The summed E-state index contributed by atoms with van der Waals surface area (Å²) in [6.07, 6.45) is 5.53. The molecule has 0 aromatic carbocycles. The van der Waals surface area contributed by atoms with Gasteiger partial charge in [0.15, 0.2) is 5.82 Å². The molecule has 0 aliphatic rings. The second-order valence-corrected chi connectivity index (χ2v) is 4.99. The summed E-state index contributed by atoms with van der Waals surface area (Å²) in [6.45, 7) is 2.01. The van der Waals surface area contributed by atoms with Crippen molar-refractivity contribution in [2.75, 3.05) is 23.1 Å². The number of rotatable bonds is 5. The number of nitrogens with one attached hydrogen (secondary N) is 1. The Bertz CT molecular complexity index is 345. The van der Waals surface area contributed by atoms with Gasteiger partial charge in [-0.3, -0.25) is 4.21 Å². The lowest BCUT2D eigenvalue weighted by Gasteiger charge is -2.14. The van der Waals surface area contributed by atoms with Crippen LogP contribution in [-0.4, -0.2) is 32.2 Å². The zero-order valence-corrected chi connectivity index (χ0v) is 9.75. The van der Waals surface area contributed by atoms with Crippen molar-refractivity contribution in [1.82, 2.24) is 9.97 Å². The highest BCUT2D eigenvalue weighted by molar-refractivity contribution is 7.84. The van der Waals surface area contributed by atoms with E-state index in [4.69, 9.17) is 5.73 Å². The van der Waals surface area contributed by atoms with E-state index in [2.05, 4.69) is 15.3 Å². The maximum absolute atomic E-state index is 10.9. The highest BCUT2D eigenvalue weighted by Crippen LogP contribution is 2.13. The van der Waals surface area contributed by atoms with Crippen molar-refractivity contribution in [2.45, 2.75) is 19.4 Å². The number of aromatic nitrogens is 2. The largest absolute Gasteiger partial charge is 0.394 e. The van der Waals surface area contributed by atoms with E-state index in [9.17, 15) is 4.21 Å². The Morgan fingerprint density at radius 1 is 1.67 bits per heavy atom. The molecule has 0 amide bonds. The maximum atomic E-state index is 10.9. The van der Waals surface area contributed by atoms with Gasteiger partial charge in [0, 0.05) is 28.9 Å². The molecule has 1 aromatic rings. The fraction of sp³-hybridized carbons (Fsp3) is 0.556. The Morgan fingerprint density at radius 3 is 3.00 bits per heavy atom. The van der Waals surface area contributed by atoms with Crippen LogP contribution in [0.4, 0.5) is 11.5 Å². The first-order chi connectivity index (χ1) is 7.09. The van der Waals surface area contributed by atoms with Crippen LogP contribution in [0, 0.1) is 0 Å². The van der Waals surface area contributed by atoms with Crippen molar-refractivity contribution < 1.29 is 4.21 Å². The maximum Gasteiger partial charge on any atom is 0.152 e. The van der Waals surface area contributed by atoms with E-state index in [1.54, 1.807) is 12.5 Å². The third-order valence-corrected chi connectivity index (χ3v) is 2.77. The van der Waals surface area contributed by atoms with E-state index in [1.165, 1.54) is 6.33 Å². The normalized spacial score (nSPS) is 14.5. The standard InChI is InChI=1S/C9H16N4OS/c1-7(3-4-15(2)14)13-9-8(10)5-11-6-12-9/h5-7H,3-4,10H2,1-2H3,(H,11,12,13). The van der Waals surface area contributed by atoms with E-state index in [1.807, 2.05) is 6.92 Å². The van der Waals surface area contributed by atoms with Crippen LogP contribution in [0.25, 0.3) is 0 Å². The van der Waals surface area contributed by atoms with Gasteiger partial charge in [-0.05, 0) is 13.3 Å². The summed E-state index contributed by atoms with van der Waals surface area (Å²) in [7, 11) is -0.753. The van der Waals surface area contributed by atoms with Crippen molar-refractivity contribution in [3.8, 4) is 0 Å². The van der Waals surface area contributed by atoms with Gasteiger partial charge < -0.3 is 11.1 Å². The third kappa shape index (κ3) is 4.24. The minimum Gasteiger partial charge on any atom is -0.394 e. The number of hydrogen-bond donors (Lipinski definition) is 2. The van der Waals surface area contributed by atoms with Gasteiger partial charge in [-0.25, -0.2) is 9.97 Å². The lowest BCUT2D eigenvalue weighted by molar-refractivity contribution is 0.678. The summed E-state index contributed by atoms with van der Waals surface area (Å²) in [5.41, 5.74) is 6.21. The molecule has 0 saturated carbocycles. The van der Waals surface area contributed by atoms with Gasteiger partial charge in [0.25, 0.3) is 0 Å². The van der Waals surface area contributed by atoms with Crippen LogP contribution >= 0.6 is 0 Å². The molecule has 15 heavy (non-hydrogen) atoms. The first kappa shape index (κ1) is 11.9. The Morgan fingerprint density at radius 2 is 2.40 bits per heavy atom. The van der Waals surface area contributed by atoms with Gasteiger partial charge in [-0.2, -0.15) is 0 Å². The van der Waals surface area contributed by atoms with Crippen molar-refractivity contribution in [3.63, 3.8) is 0 Å². The lowest BCUT2D eigenvalue weighted by Crippen LogP contribution is -2.19. The zero-order valence-electron chi connectivity index (χ0n) is 8.93. The minimum atomic E-state index is -0.753. The molecule has 0 aliphatic heterocycles. The summed E-state index contributed by atoms with van der Waals surface area (Å²) < 4.78 is 10.9. The Kier molecular flexibility index (Phi) is 4.48. The summed E-state index contributed by atoms with van der Waals surface area (Å²) in [5, 5.41) is 3.15. The molecular weight excluding hydrogens is 212 g/mol. The van der Waals surface area contributed by atoms with Crippen LogP contribution in [0.1, 0.15) is 13.3 Å². The predicted octanol–water partition coefficient (Wildman–Crippen LogP) is 0.628. The second-order valence-electron chi connectivity index (χ2n) is 3.44. The molecule has 2 atom stereocenters. The molecule has 2 unspecified atom stereocenters. The Balaban J connectivity index is 2.47. The molecule has 0 aliphatic carbocycles. The fourth-order valence-electron chi connectivity index (χ4n) is 1.11. The molecule has 1 rings (SSSR count). The van der Waals surface area contributed by atoms with Crippen molar-refractivity contribution in [1.29, 1.82) is 0 Å². The van der Waals surface area contributed by atoms with Crippen molar-refractivity contribution in [3.05, 3.63) is 12.5 Å². The third-order valence-electron chi connectivity index (χ3n) is 1.96. The molecule has 1 heterocycles. The summed E-state index contributed by atoms with van der Waals surface area (Å²) in [4.78, 5) is 7.82. The molecule has 0 bridgehead atoms. The Hall–Kier alpha value is -1.17. The van der Waals surface area contributed by atoms with Crippen LogP contribution < -0.4 is 11.1 Å². The first-order valence-electron chi connectivity index (χ1n) is 4.71. The quantitative estimate of drug-likeness (QED) is 0.772. The first-order valence-corrected chi connectivity index (χ1v) is 6.44. The summed E-state index contributed by atoms with van der Waals surface area (Å²) >= 11 is 0. The number of nitrogens with zero attached hydrogens (tertiary/aromatic N) is 2. The van der Waals surface area contributed by atoms with Crippen molar-refractivity contribution >= 4 is 22.3 Å². The van der Waals surface area contributed by atoms with Gasteiger partial charge in [-0.15, -0.1) is 0 Å². The van der Waals surface area contributed by atoms with E-state index >= 15 is 0 Å². The average Bonchev–Trinajstić information content (AvgIpc) is 2.18. The summed E-state index contributed by atoms with van der Waals surface area (Å²) in [6, 6.07) is 0.200. The van der Waals surface area contributed by atoms with Crippen LogP contribution in [0.5, 0.6) is 0 Å². The average molecular weight is 228 g/mol. The zero-order chi connectivity index (χ0) is 11.3. The topological polar surface area (TPSA) is 80.9 Å². The van der Waals surface area contributed by atoms with E-state index < -0.39 is 10.8 Å². The molecule has 0 fully saturated rings. The number of hydrogen-bond acceptors (Lipinski definition) is 5. The molecule has 3 N–H and O–H groups in total. The smallest absolute Gasteiger partial charge is 0.152 e. The highest BCUT2D eigenvalue weighted by atomic mass is 32.2. The number of nitrogen functional groups attached to an aromatic ring is 1. The minimum absolute atomic E-state index is 0.200.